The molecule has 0 bridgehead atoms. The fraction of sp³-hybridized carbons (Fsp3) is 0.931. The Labute approximate surface area is 197 Å². The molecule has 4 rings (SSSR count). The molecular formula is C29H50O3. The van der Waals surface area contributed by atoms with Crippen LogP contribution in [0.3, 0.4) is 0 Å². The normalized spacial score (nSPS) is 45.3. The summed E-state index contributed by atoms with van der Waals surface area (Å²) in [5, 5.41) is 32.6. The van der Waals surface area contributed by atoms with Crippen LogP contribution in [-0.2, 0) is 0 Å². The summed E-state index contributed by atoms with van der Waals surface area (Å²) in [7, 11) is 0. The number of hydrogen-bond acceptors (Lipinski definition) is 3. The minimum absolute atomic E-state index is 0.137. The fourth-order valence-electron chi connectivity index (χ4n) is 9.46. The third-order valence-corrected chi connectivity index (χ3v) is 11.4. The Bertz CT molecular complexity index is 701. The summed E-state index contributed by atoms with van der Waals surface area (Å²) in [5.74, 6) is 3.41. The molecule has 0 spiro atoms. The minimum Gasteiger partial charge on any atom is -0.393 e. The van der Waals surface area contributed by atoms with E-state index in [1.165, 1.54) is 32.1 Å². The molecule has 0 aromatic rings. The predicted molar refractivity (Wildman–Crippen MR) is 131 cm³/mol. The van der Waals surface area contributed by atoms with Crippen molar-refractivity contribution in [3.05, 3.63) is 11.6 Å². The van der Waals surface area contributed by atoms with E-state index < -0.39 is 12.2 Å². The lowest BCUT2D eigenvalue weighted by molar-refractivity contribution is -0.0991. The van der Waals surface area contributed by atoms with E-state index in [4.69, 9.17) is 0 Å². The molecule has 184 valence electrons. The van der Waals surface area contributed by atoms with Crippen molar-refractivity contribution in [3.63, 3.8) is 0 Å². The summed E-state index contributed by atoms with van der Waals surface area (Å²) in [6, 6.07) is 0. The van der Waals surface area contributed by atoms with Crippen molar-refractivity contribution in [1.82, 2.24) is 0 Å². The molecule has 32 heavy (non-hydrogen) atoms. The Morgan fingerprint density at radius 2 is 1.69 bits per heavy atom. The zero-order valence-electron chi connectivity index (χ0n) is 21.6. The van der Waals surface area contributed by atoms with E-state index >= 15 is 0 Å². The maximum Gasteiger partial charge on any atom is 0.0832 e. The number of aliphatic hydroxyl groups is 3. The van der Waals surface area contributed by atoms with E-state index in [0.29, 0.717) is 11.8 Å². The van der Waals surface area contributed by atoms with Gasteiger partial charge in [0.15, 0.2) is 0 Å². The van der Waals surface area contributed by atoms with Crippen LogP contribution < -0.4 is 0 Å². The lowest BCUT2D eigenvalue weighted by Gasteiger charge is -2.58. The van der Waals surface area contributed by atoms with Crippen LogP contribution >= 0.6 is 0 Å². The van der Waals surface area contributed by atoms with Gasteiger partial charge in [-0.15, -0.1) is 0 Å². The Morgan fingerprint density at radius 3 is 2.34 bits per heavy atom. The summed E-state index contributed by atoms with van der Waals surface area (Å²) in [5.41, 5.74) is 2.10. The van der Waals surface area contributed by atoms with Crippen LogP contribution in [-0.4, -0.2) is 33.6 Å². The average molecular weight is 447 g/mol. The van der Waals surface area contributed by atoms with Crippen molar-refractivity contribution >= 4 is 0 Å². The number of allylic oxidation sites excluding steroid dienone is 1. The molecule has 4 aliphatic rings. The van der Waals surface area contributed by atoms with Gasteiger partial charge in [-0.3, -0.25) is 0 Å². The van der Waals surface area contributed by atoms with Crippen LogP contribution in [0.4, 0.5) is 0 Å². The topological polar surface area (TPSA) is 60.7 Å². The highest BCUT2D eigenvalue weighted by Crippen LogP contribution is 2.67. The summed E-state index contributed by atoms with van der Waals surface area (Å²) in [6.45, 7) is 13.7. The molecular weight excluding hydrogens is 396 g/mol. The van der Waals surface area contributed by atoms with E-state index in [0.717, 1.165) is 43.4 Å². The standard InChI is InChI=1S/C29H50O3/c1-7-21(17(2)3)27(32)26(31)18(4)23-10-11-24-22-9-8-19-16-20(30)12-14-28(19,5)25(22)13-15-29(23,24)6/h8,17-18,20-27,30-32H,7,9-16H2,1-6H3/t18-,20-,21-,22-,23+,24-,25-,26-,27-,28-,29+/m0/s1. The second kappa shape index (κ2) is 9.00. The molecule has 3 fully saturated rings. The monoisotopic (exact) mass is 446 g/mol. The lowest BCUT2D eigenvalue weighted by atomic mass is 9.47. The summed E-state index contributed by atoms with van der Waals surface area (Å²) < 4.78 is 0. The van der Waals surface area contributed by atoms with Gasteiger partial charge in [0.1, 0.15) is 0 Å². The molecule has 4 aliphatic carbocycles. The highest BCUT2D eigenvalue weighted by atomic mass is 16.3. The molecule has 3 nitrogen and oxygen atoms in total. The smallest absolute Gasteiger partial charge is 0.0832 e. The van der Waals surface area contributed by atoms with Gasteiger partial charge in [0.25, 0.3) is 0 Å². The van der Waals surface area contributed by atoms with E-state index in [2.05, 4.69) is 47.6 Å². The Morgan fingerprint density at radius 1 is 0.969 bits per heavy atom. The highest BCUT2D eigenvalue weighted by Gasteiger charge is 2.59. The van der Waals surface area contributed by atoms with Crippen molar-refractivity contribution in [3.8, 4) is 0 Å². The number of hydrogen-bond donors (Lipinski definition) is 3. The molecule has 0 aromatic carbocycles. The van der Waals surface area contributed by atoms with Crippen LogP contribution in [0.5, 0.6) is 0 Å². The van der Waals surface area contributed by atoms with Crippen molar-refractivity contribution in [1.29, 1.82) is 0 Å². The Hall–Kier alpha value is -0.380. The maximum atomic E-state index is 11.3. The van der Waals surface area contributed by atoms with Crippen LogP contribution in [0.15, 0.2) is 11.6 Å². The van der Waals surface area contributed by atoms with Crippen molar-refractivity contribution in [2.24, 2.45) is 52.3 Å². The molecule has 0 unspecified atom stereocenters. The van der Waals surface area contributed by atoms with Crippen molar-refractivity contribution in [2.45, 2.75) is 118 Å². The number of rotatable bonds is 6. The van der Waals surface area contributed by atoms with Gasteiger partial charge < -0.3 is 15.3 Å². The number of fused-ring (bicyclic) bond motifs is 5. The van der Waals surface area contributed by atoms with Gasteiger partial charge in [-0.2, -0.15) is 0 Å². The van der Waals surface area contributed by atoms with Gasteiger partial charge in [0.05, 0.1) is 18.3 Å². The largest absolute Gasteiger partial charge is 0.393 e. The Balaban J connectivity index is 1.53. The van der Waals surface area contributed by atoms with Crippen molar-refractivity contribution in [2.75, 3.05) is 0 Å². The second-order valence-electron chi connectivity index (χ2n) is 13.0. The minimum atomic E-state index is -0.629. The van der Waals surface area contributed by atoms with Crippen LogP contribution in [0.1, 0.15) is 99.3 Å². The molecule has 11 atom stereocenters. The first kappa shape index (κ1) is 24.7. The molecule has 3 saturated carbocycles. The number of aliphatic hydroxyl groups excluding tert-OH is 3. The summed E-state index contributed by atoms with van der Waals surface area (Å²) >= 11 is 0. The zero-order valence-corrected chi connectivity index (χ0v) is 21.6. The average Bonchev–Trinajstić information content (AvgIpc) is 3.10. The van der Waals surface area contributed by atoms with Gasteiger partial charge in [-0.05, 0) is 104 Å². The third kappa shape index (κ3) is 3.83. The molecule has 3 heteroatoms. The summed E-state index contributed by atoms with van der Waals surface area (Å²) in [6.07, 6.45) is 11.2. The first-order chi connectivity index (χ1) is 15.0. The van der Waals surface area contributed by atoms with Gasteiger partial charge >= 0.3 is 0 Å². The highest BCUT2D eigenvalue weighted by molar-refractivity contribution is 5.25. The van der Waals surface area contributed by atoms with Crippen LogP contribution in [0.2, 0.25) is 0 Å². The molecule has 0 radical (unpaired) electrons. The van der Waals surface area contributed by atoms with Crippen molar-refractivity contribution < 1.29 is 15.3 Å². The quantitative estimate of drug-likeness (QED) is 0.441. The van der Waals surface area contributed by atoms with E-state index in [1.54, 1.807) is 5.57 Å². The van der Waals surface area contributed by atoms with Gasteiger partial charge in [0.2, 0.25) is 0 Å². The molecule has 0 aromatic heterocycles. The van der Waals surface area contributed by atoms with Gasteiger partial charge in [-0.25, -0.2) is 0 Å². The summed E-state index contributed by atoms with van der Waals surface area (Å²) in [4.78, 5) is 0. The third-order valence-electron chi connectivity index (χ3n) is 11.4. The maximum absolute atomic E-state index is 11.3. The molecule has 0 amide bonds. The first-order valence-corrected chi connectivity index (χ1v) is 13.8. The zero-order chi connectivity index (χ0) is 23.4. The second-order valence-corrected chi connectivity index (χ2v) is 13.0. The van der Waals surface area contributed by atoms with Gasteiger partial charge in [-0.1, -0.05) is 59.6 Å². The molecule has 0 aliphatic heterocycles. The first-order valence-electron chi connectivity index (χ1n) is 13.8. The predicted octanol–water partition coefficient (Wildman–Crippen LogP) is 5.97. The Kier molecular flexibility index (Phi) is 6.96. The molecule has 3 N–H and O–H groups in total. The molecule has 0 heterocycles. The van der Waals surface area contributed by atoms with Crippen LogP contribution in [0.25, 0.3) is 0 Å². The van der Waals surface area contributed by atoms with Gasteiger partial charge in [0, 0.05) is 0 Å². The van der Waals surface area contributed by atoms with Crippen LogP contribution in [0, 0.1) is 52.3 Å². The van der Waals surface area contributed by atoms with E-state index in [9.17, 15) is 15.3 Å². The lowest BCUT2D eigenvalue weighted by Crippen LogP contribution is -2.52. The SMILES string of the molecule is CC[C@@H](C(C)C)[C@H](O)[C@@H](O)[C@@H](C)[C@H]1CC[C@H]2[C@@H]3CC=C4C[C@@H](O)CC[C@]4(C)[C@H]3CC[C@]12C. The van der Waals surface area contributed by atoms with E-state index in [1.807, 2.05) is 0 Å². The van der Waals surface area contributed by atoms with E-state index in [-0.39, 0.29) is 28.8 Å². The fourth-order valence-corrected chi connectivity index (χ4v) is 9.46. The molecule has 0 saturated heterocycles.